The molecule has 1 aromatic carbocycles. The summed E-state index contributed by atoms with van der Waals surface area (Å²) < 4.78 is 18.5. The molecule has 0 saturated heterocycles. The highest BCUT2D eigenvalue weighted by Crippen LogP contribution is 2.21. The van der Waals surface area contributed by atoms with E-state index in [4.69, 9.17) is 9.84 Å². The van der Waals surface area contributed by atoms with Crippen molar-refractivity contribution in [2.24, 2.45) is 0 Å². The van der Waals surface area contributed by atoms with Gasteiger partial charge in [0.1, 0.15) is 17.1 Å². The Morgan fingerprint density at radius 3 is 2.48 bits per heavy atom. The fourth-order valence-electron chi connectivity index (χ4n) is 1.83. The Morgan fingerprint density at radius 2 is 1.95 bits per heavy atom. The summed E-state index contributed by atoms with van der Waals surface area (Å²) in [7, 11) is 0. The van der Waals surface area contributed by atoms with E-state index in [9.17, 15) is 14.0 Å². The molecule has 1 atom stereocenters. The fourth-order valence-corrected chi connectivity index (χ4v) is 1.83. The molecule has 0 radical (unpaired) electrons. The van der Waals surface area contributed by atoms with Crippen LogP contribution in [0.3, 0.4) is 0 Å². The van der Waals surface area contributed by atoms with Gasteiger partial charge in [0, 0.05) is 12.1 Å². The predicted octanol–water partition coefficient (Wildman–Crippen LogP) is 2.60. The van der Waals surface area contributed by atoms with Crippen LogP contribution in [0.25, 0.3) is 0 Å². The minimum absolute atomic E-state index is 0.0370. The van der Waals surface area contributed by atoms with E-state index in [2.05, 4.69) is 5.32 Å². The summed E-state index contributed by atoms with van der Waals surface area (Å²) in [6.45, 7) is 5.40. The second-order valence-corrected chi connectivity index (χ2v) is 4.73. The Kier molecular flexibility index (Phi) is 6.14. The van der Waals surface area contributed by atoms with Crippen LogP contribution in [0.4, 0.5) is 4.39 Å². The molecule has 21 heavy (non-hydrogen) atoms. The first-order chi connectivity index (χ1) is 9.88. The van der Waals surface area contributed by atoms with E-state index < -0.39 is 17.9 Å². The molecule has 0 aliphatic carbocycles. The normalized spacial score (nSPS) is 12.0. The summed E-state index contributed by atoms with van der Waals surface area (Å²) in [4.78, 5) is 23.0. The van der Waals surface area contributed by atoms with Crippen LogP contribution in [0.5, 0.6) is 5.75 Å². The fraction of sp³-hybridized carbons (Fsp3) is 0.467. The zero-order valence-corrected chi connectivity index (χ0v) is 12.4. The molecule has 2 N–H and O–H groups in total. The number of rotatable bonds is 7. The maximum absolute atomic E-state index is 13.2. The lowest BCUT2D eigenvalue weighted by Crippen LogP contribution is -2.42. The van der Waals surface area contributed by atoms with Gasteiger partial charge in [-0.1, -0.05) is 13.8 Å². The van der Waals surface area contributed by atoms with Crippen LogP contribution in [-0.4, -0.2) is 29.1 Å². The first-order valence-electron chi connectivity index (χ1n) is 6.88. The Labute approximate surface area is 123 Å². The van der Waals surface area contributed by atoms with Crippen LogP contribution < -0.4 is 10.1 Å². The van der Waals surface area contributed by atoms with Crippen molar-refractivity contribution >= 4 is 11.9 Å². The first-order valence-corrected chi connectivity index (χ1v) is 6.88. The highest BCUT2D eigenvalue weighted by molar-refractivity contribution is 5.91. The van der Waals surface area contributed by atoms with Gasteiger partial charge in [-0.15, -0.1) is 0 Å². The number of hydrogen-bond donors (Lipinski definition) is 2. The number of aromatic carboxylic acids is 1. The second-order valence-electron chi connectivity index (χ2n) is 4.73. The highest BCUT2D eigenvalue weighted by Gasteiger charge is 2.20. The average molecular weight is 297 g/mol. The molecule has 0 saturated carbocycles. The summed E-state index contributed by atoms with van der Waals surface area (Å²) >= 11 is 0. The van der Waals surface area contributed by atoms with Crippen LogP contribution in [0.2, 0.25) is 0 Å². The van der Waals surface area contributed by atoms with Crippen LogP contribution in [0.1, 0.15) is 44.0 Å². The maximum atomic E-state index is 13.2. The van der Waals surface area contributed by atoms with Crippen molar-refractivity contribution in [1.82, 2.24) is 5.32 Å². The first kappa shape index (κ1) is 16.9. The zero-order valence-electron chi connectivity index (χ0n) is 12.4. The quantitative estimate of drug-likeness (QED) is 0.811. The molecule has 1 amide bonds. The number of benzene rings is 1. The lowest BCUT2D eigenvalue weighted by atomic mass is 10.1. The topological polar surface area (TPSA) is 75.6 Å². The van der Waals surface area contributed by atoms with E-state index in [-0.39, 0.29) is 23.3 Å². The van der Waals surface area contributed by atoms with Crippen molar-refractivity contribution in [2.45, 2.75) is 45.8 Å². The zero-order chi connectivity index (χ0) is 16.0. The molecule has 0 heterocycles. The van der Waals surface area contributed by atoms with E-state index >= 15 is 0 Å². The van der Waals surface area contributed by atoms with E-state index in [1.807, 2.05) is 13.8 Å². The van der Waals surface area contributed by atoms with Gasteiger partial charge in [0.2, 0.25) is 0 Å². The minimum atomic E-state index is -1.24. The van der Waals surface area contributed by atoms with Crippen LogP contribution in [0.15, 0.2) is 18.2 Å². The molecule has 5 nitrogen and oxygen atoms in total. The molecule has 1 rings (SSSR count). The van der Waals surface area contributed by atoms with Crippen molar-refractivity contribution < 1.29 is 23.8 Å². The Balaban J connectivity index is 2.83. The average Bonchev–Trinajstić information content (AvgIpc) is 2.44. The van der Waals surface area contributed by atoms with Crippen molar-refractivity contribution in [1.29, 1.82) is 0 Å². The molecule has 1 unspecified atom stereocenters. The van der Waals surface area contributed by atoms with Gasteiger partial charge in [-0.3, -0.25) is 4.79 Å². The van der Waals surface area contributed by atoms with E-state index in [0.717, 1.165) is 31.0 Å². The third kappa shape index (κ3) is 4.73. The highest BCUT2D eigenvalue weighted by atomic mass is 19.1. The number of amides is 1. The number of halogens is 1. The second kappa shape index (κ2) is 7.61. The van der Waals surface area contributed by atoms with Crippen molar-refractivity contribution in [3.63, 3.8) is 0 Å². The van der Waals surface area contributed by atoms with E-state index in [1.165, 1.54) is 6.92 Å². The molecule has 1 aromatic rings. The molecule has 0 fully saturated rings. The van der Waals surface area contributed by atoms with Gasteiger partial charge in [0.15, 0.2) is 6.10 Å². The Bertz CT molecular complexity index is 514. The predicted molar refractivity (Wildman–Crippen MR) is 76.0 cm³/mol. The standard InChI is InChI=1S/C15H20FNO4/c1-4-11(5-2)17-14(18)9(3)21-13-8-10(16)6-7-12(13)15(19)20/h6-9,11H,4-5H2,1-3H3,(H,17,18)(H,19,20). The molecule has 0 spiro atoms. The smallest absolute Gasteiger partial charge is 0.339 e. The van der Waals surface area contributed by atoms with Crippen LogP contribution >= 0.6 is 0 Å². The van der Waals surface area contributed by atoms with Crippen molar-refractivity contribution in [2.75, 3.05) is 0 Å². The van der Waals surface area contributed by atoms with Gasteiger partial charge >= 0.3 is 5.97 Å². The number of carboxylic acid groups (broad SMARTS) is 1. The number of nitrogens with one attached hydrogen (secondary N) is 1. The molecular formula is C15H20FNO4. The monoisotopic (exact) mass is 297 g/mol. The SMILES string of the molecule is CCC(CC)NC(=O)C(C)Oc1cc(F)ccc1C(=O)O. The van der Waals surface area contributed by atoms with E-state index in [0.29, 0.717) is 0 Å². The number of carbonyl (C=O) groups is 2. The molecule has 0 bridgehead atoms. The van der Waals surface area contributed by atoms with Crippen LogP contribution in [0, 0.1) is 5.82 Å². The summed E-state index contributed by atoms with van der Waals surface area (Å²) in [5, 5.41) is 11.8. The number of ether oxygens (including phenoxy) is 1. The summed E-state index contributed by atoms with van der Waals surface area (Å²) in [5.41, 5.74) is -0.182. The van der Waals surface area contributed by atoms with Gasteiger partial charge in [0.25, 0.3) is 5.91 Å². The minimum Gasteiger partial charge on any atom is -0.480 e. The van der Waals surface area contributed by atoms with Crippen LogP contribution in [-0.2, 0) is 4.79 Å². The summed E-state index contributed by atoms with van der Waals surface area (Å²) in [5.74, 6) is -2.38. The number of carbonyl (C=O) groups excluding carboxylic acids is 1. The maximum Gasteiger partial charge on any atom is 0.339 e. The van der Waals surface area contributed by atoms with Gasteiger partial charge < -0.3 is 15.2 Å². The largest absolute Gasteiger partial charge is 0.480 e. The lowest BCUT2D eigenvalue weighted by Gasteiger charge is -2.20. The lowest BCUT2D eigenvalue weighted by molar-refractivity contribution is -0.128. The van der Waals surface area contributed by atoms with Gasteiger partial charge in [0.05, 0.1) is 0 Å². The Hall–Kier alpha value is -2.11. The molecule has 6 heteroatoms. The summed E-state index contributed by atoms with van der Waals surface area (Å²) in [6.07, 6.45) is 0.662. The number of hydrogen-bond acceptors (Lipinski definition) is 3. The summed E-state index contributed by atoms with van der Waals surface area (Å²) in [6, 6.07) is 3.14. The van der Waals surface area contributed by atoms with E-state index in [1.54, 1.807) is 0 Å². The molecule has 0 aliphatic heterocycles. The molecular weight excluding hydrogens is 277 g/mol. The third-order valence-corrected chi connectivity index (χ3v) is 3.18. The molecule has 116 valence electrons. The molecule has 0 aliphatic rings. The van der Waals surface area contributed by atoms with Crippen molar-refractivity contribution in [3.05, 3.63) is 29.6 Å². The third-order valence-electron chi connectivity index (χ3n) is 3.18. The Morgan fingerprint density at radius 1 is 1.33 bits per heavy atom. The van der Waals surface area contributed by atoms with Gasteiger partial charge in [-0.05, 0) is 31.9 Å². The number of carboxylic acids is 1. The van der Waals surface area contributed by atoms with Gasteiger partial charge in [-0.25, -0.2) is 9.18 Å². The molecule has 0 aromatic heterocycles. The van der Waals surface area contributed by atoms with Gasteiger partial charge in [-0.2, -0.15) is 0 Å². The van der Waals surface area contributed by atoms with Crippen molar-refractivity contribution in [3.8, 4) is 5.75 Å².